The topological polar surface area (TPSA) is 80.7 Å². The number of ketones is 3. The number of Topliss-reactive ketones (excluding diaryl/α,β-unsaturated/α-hetero) is 3. The molecule has 9 rings (SSSR count). The molecule has 5 atom stereocenters. The third-order valence-electron chi connectivity index (χ3n) is 11.1. The van der Waals surface area contributed by atoms with Crippen molar-refractivity contribution in [3.8, 4) is 0 Å². The van der Waals surface area contributed by atoms with Crippen LogP contribution in [0.25, 0.3) is 21.5 Å². The summed E-state index contributed by atoms with van der Waals surface area (Å²) in [5.74, 6) is -2.76. The molecule has 3 aliphatic rings. The first kappa shape index (κ1) is 29.5. The molecule has 0 heterocycles. The number of aliphatic hydroxyl groups is 1. The molecule has 1 N–H and O–H groups in total. The van der Waals surface area contributed by atoms with E-state index in [1.807, 2.05) is 48.5 Å². The maximum absolute atomic E-state index is 15.7. The molecule has 0 aliphatic heterocycles. The largest absolute Gasteiger partial charge is 0.381 e. The lowest BCUT2D eigenvalue weighted by atomic mass is 9.57. The van der Waals surface area contributed by atoms with Gasteiger partial charge in [0.2, 0.25) is 0 Å². The summed E-state index contributed by atoms with van der Waals surface area (Å²) in [6, 6.07) is 35.0. The Bertz CT molecular complexity index is 2390. The van der Waals surface area contributed by atoms with Gasteiger partial charge in [0.05, 0.1) is 11.3 Å². The molecular formula is C41H26Cl2O5. The van der Waals surface area contributed by atoms with E-state index in [1.165, 1.54) is 7.11 Å². The minimum Gasteiger partial charge on any atom is -0.381 e. The highest BCUT2D eigenvalue weighted by molar-refractivity contribution is 6.31. The monoisotopic (exact) mass is 668 g/mol. The van der Waals surface area contributed by atoms with E-state index in [0.717, 1.165) is 10.8 Å². The van der Waals surface area contributed by atoms with Crippen LogP contribution in [0.15, 0.2) is 121 Å². The second-order valence-electron chi connectivity index (χ2n) is 12.9. The Labute approximate surface area is 285 Å². The highest BCUT2D eigenvalue weighted by atomic mass is 35.5. The van der Waals surface area contributed by atoms with Crippen LogP contribution >= 0.6 is 23.2 Å². The Morgan fingerprint density at radius 2 is 1.17 bits per heavy atom. The molecule has 7 heteroatoms. The summed E-state index contributed by atoms with van der Waals surface area (Å²) < 4.78 is 6.42. The number of ether oxygens (including phenoxy) is 1. The van der Waals surface area contributed by atoms with Gasteiger partial charge in [-0.15, -0.1) is 0 Å². The standard InChI is InChI=1S/C41H26Cl2O5/c1-48-38-39(30-12-4-8-22-6-2-10-28(32(22)30)36(39)45)35(34(44)24-14-18-26(42)19-15-24)40(41(38,47)25-16-20-27(43)21-17-25)31-13-5-9-23-7-3-11-29(33(23)31)37(40)46/h2-21,35,38,47H,1H3. The third-order valence-corrected chi connectivity index (χ3v) is 11.6. The van der Waals surface area contributed by atoms with Gasteiger partial charge in [0, 0.05) is 33.8 Å². The molecule has 5 unspecified atom stereocenters. The predicted molar refractivity (Wildman–Crippen MR) is 185 cm³/mol. The summed E-state index contributed by atoms with van der Waals surface area (Å²) in [5, 5.41) is 17.7. The van der Waals surface area contributed by atoms with Crippen molar-refractivity contribution in [1.82, 2.24) is 0 Å². The van der Waals surface area contributed by atoms with Gasteiger partial charge in [-0.1, -0.05) is 108 Å². The van der Waals surface area contributed by atoms with Crippen LogP contribution in [0.5, 0.6) is 0 Å². The smallest absolute Gasteiger partial charge is 0.178 e. The molecule has 6 aromatic rings. The first-order valence-corrected chi connectivity index (χ1v) is 16.4. The second-order valence-corrected chi connectivity index (χ2v) is 13.8. The SMILES string of the molecule is COC1C2(C(=O)c3cccc4cccc2c34)C(C(=O)c2ccc(Cl)cc2)C2(C(=O)c3cccc4cccc2c34)C1(O)c1ccc(Cl)cc1. The summed E-state index contributed by atoms with van der Waals surface area (Å²) in [7, 11) is 1.43. The molecule has 0 bridgehead atoms. The van der Waals surface area contributed by atoms with E-state index in [1.54, 1.807) is 72.8 Å². The molecule has 2 spiro atoms. The van der Waals surface area contributed by atoms with Crippen LogP contribution in [-0.2, 0) is 21.2 Å². The number of methoxy groups -OCH3 is 1. The number of halogens is 2. The minimum atomic E-state index is -2.25. The molecule has 3 aliphatic carbocycles. The zero-order valence-corrected chi connectivity index (χ0v) is 27.0. The van der Waals surface area contributed by atoms with Gasteiger partial charge in [-0.25, -0.2) is 0 Å². The van der Waals surface area contributed by atoms with Crippen LogP contribution in [0.1, 0.15) is 47.8 Å². The maximum Gasteiger partial charge on any atom is 0.178 e. The van der Waals surface area contributed by atoms with E-state index < -0.39 is 40.0 Å². The van der Waals surface area contributed by atoms with E-state index in [4.69, 9.17) is 27.9 Å². The molecule has 6 aromatic carbocycles. The van der Waals surface area contributed by atoms with Crippen molar-refractivity contribution in [2.24, 2.45) is 5.92 Å². The van der Waals surface area contributed by atoms with Crippen molar-refractivity contribution in [3.63, 3.8) is 0 Å². The lowest BCUT2D eigenvalue weighted by molar-refractivity contribution is -0.115. The van der Waals surface area contributed by atoms with Crippen molar-refractivity contribution >= 4 is 62.1 Å². The van der Waals surface area contributed by atoms with Gasteiger partial charge in [0.1, 0.15) is 17.1 Å². The number of carbonyl (C=O) groups is 3. The molecule has 0 saturated heterocycles. The molecule has 1 saturated carbocycles. The van der Waals surface area contributed by atoms with Crippen molar-refractivity contribution in [2.45, 2.75) is 22.5 Å². The van der Waals surface area contributed by atoms with E-state index in [9.17, 15) is 5.11 Å². The normalized spacial score (nSPS) is 26.8. The van der Waals surface area contributed by atoms with Crippen LogP contribution < -0.4 is 0 Å². The van der Waals surface area contributed by atoms with Crippen LogP contribution in [0.3, 0.4) is 0 Å². The average Bonchev–Trinajstić information content (AvgIpc) is 3.60. The van der Waals surface area contributed by atoms with Crippen LogP contribution in [-0.4, -0.2) is 35.7 Å². The number of hydrogen-bond donors (Lipinski definition) is 1. The van der Waals surface area contributed by atoms with Gasteiger partial charge in [-0.3, -0.25) is 14.4 Å². The summed E-state index contributed by atoms with van der Waals surface area (Å²) in [4.78, 5) is 46.8. The zero-order valence-electron chi connectivity index (χ0n) is 25.5. The lowest BCUT2D eigenvalue weighted by Crippen LogP contribution is -2.57. The number of fused-ring (bicyclic) bond motifs is 2. The lowest BCUT2D eigenvalue weighted by Gasteiger charge is -2.43. The highest BCUT2D eigenvalue weighted by Crippen LogP contribution is 2.72. The third kappa shape index (κ3) is 3.23. The Hall–Kier alpha value is -4.65. The Morgan fingerprint density at radius 1 is 0.667 bits per heavy atom. The summed E-state index contributed by atoms with van der Waals surface area (Å²) >= 11 is 12.7. The molecule has 0 amide bonds. The van der Waals surface area contributed by atoms with Gasteiger partial charge >= 0.3 is 0 Å². The quantitative estimate of drug-likeness (QED) is 0.191. The molecule has 0 aromatic heterocycles. The summed E-state index contributed by atoms with van der Waals surface area (Å²) in [6.45, 7) is 0. The first-order chi connectivity index (χ1) is 23.2. The number of benzene rings is 6. The molecule has 5 nitrogen and oxygen atoms in total. The van der Waals surface area contributed by atoms with E-state index >= 15 is 14.4 Å². The summed E-state index contributed by atoms with van der Waals surface area (Å²) in [5.41, 5.74) is -3.73. The fourth-order valence-corrected chi connectivity index (χ4v) is 9.75. The van der Waals surface area contributed by atoms with E-state index in [2.05, 4.69) is 0 Å². The van der Waals surface area contributed by atoms with Crippen molar-refractivity contribution in [2.75, 3.05) is 7.11 Å². The maximum atomic E-state index is 15.7. The van der Waals surface area contributed by atoms with Gasteiger partial charge in [-0.05, 0) is 74.6 Å². The molecule has 234 valence electrons. The minimum absolute atomic E-state index is 0.255. The highest BCUT2D eigenvalue weighted by Gasteiger charge is 2.85. The van der Waals surface area contributed by atoms with Crippen molar-refractivity contribution in [1.29, 1.82) is 0 Å². The molecule has 48 heavy (non-hydrogen) atoms. The van der Waals surface area contributed by atoms with Crippen molar-refractivity contribution < 1.29 is 24.2 Å². The van der Waals surface area contributed by atoms with E-state index in [0.29, 0.717) is 48.6 Å². The zero-order chi connectivity index (χ0) is 33.2. The Morgan fingerprint density at radius 3 is 1.75 bits per heavy atom. The van der Waals surface area contributed by atoms with Crippen molar-refractivity contribution in [3.05, 3.63) is 165 Å². The Balaban J connectivity index is 1.51. The van der Waals surface area contributed by atoms with Gasteiger partial charge in [0.25, 0.3) is 0 Å². The van der Waals surface area contributed by atoms with Crippen LogP contribution in [0, 0.1) is 5.92 Å². The predicted octanol–water partition coefficient (Wildman–Crippen LogP) is 8.28. The summed E-state index contributed by atoms with van der Waals surface area (Å²) in [6.07, 6.45) is -1.40. The Kier molecular flexibility index (Phi) is 6.11. The van der Waals surface area contributed by atoms with Crippen LogP contribution in [0.2, 0.25) is 10.0 Å². The van der Waals surface area contributed by atoms with E-state index in [-0.39, 0.29) is 11.3 Å². The van der Waals surface area contributed by atoms with Gasteiger partial charge in [0.15, 0.2) is 17.3 Å². The molecular weight excluding hydrogens is 643 g/mol. The number of hydrogen-bond acceptors (Lipinski definition) is 5. The average molecular weight is 670 g/mol. The van der Waals surface area contributed by atoms with Gasteiger partial charge < -0.3 is 9.84 Å². The van der Waals surface area contributed by atoms with Crippen LogP contribution in [0.4, 0.5) is 0 Å². The molecule has 0 radical (unpaired) electrons. The van der Waals surface area contributed by atoms with Gasteiger partial charge in [-0.2, -0.15) is 0 Å². The molecule has 1 fully saturated rings. The first-order valence-electron chi connectivity index (χ1n) is 15.7. The number of carbonyl (C=O) groups excluding carboxylic acids is 3. The fraction of sp³-hybridized carbons (Fsp3) is 0.146. The second kappa shape index (κ2) is 9.94. The number of rotatable bonds is 4. The fourth-order valence-electron chi connectivity index (χ4n) is 9.50.